The van der Waals surface area contributed by atoms with Gasteiger partial charge in [-0.15, -0.1) is 0 Å². The van der Waals surface area contributed by atoms with Gasteiger partial charge in [0.25, 0.3) is 0 Å². The zero-order valence-electron chi connectivity index (χ0n) is 7.75. The smallest absolute Gasteiger partial charge is 0.309 e. The molecule has 1 aliphatic carbocycles. The number of hydrogen-bond donors (Lipinski definition) is 0. The molecular weight excluding hydrogens is 152 g/mol. The van der Waals surface area contributed by atoms with Crippen molar-refractivity contribution in [3.05, 3.63) is 0 Å². The second-order valence-electron chi connectivity index (χ2n) is 4.35. The molecule has 4 atom stereocenters. The monoisotopic (exact) mass is 168 g/mol. The summed E-state index contributed by atoms with van der Waals surface area (Å²) in [5.74, 6) is 1.47. The molecule has 0 spiro atoms. The Balaban J connectivity index is 2.10. The zero-order chi connectivity index (χ0) is 8.72. The van der Waals surface area contributed by atoms with Crippen LogP contribution in [0.25, 0.3) is 0 Å². The van der Waals surface area contributed by atoms with Crippen LogP contribution in [0.1, 0.15) is 33.1 Å². The first-order valence-electron chi connectivity index (χ1n) is 4.89. The van der Waals surface area contributed by atoms with Gasteiger partial charge in [-0.1, -0.05) is 13.8 Å². The van der Waals surface area contributed by atoms with Crippen molar-refractivity contribution < 1.29 is 9.53 Å². The molecule has 0 bridgehead atoms. The van der Waals surface area contributed by atoms with E-state index in [1.165, 1.54) is 12.8 Å². The van der Waals surface area contributed by atoms with Gasteiger partial charge in [-0.25, -0.2) is 0 Å². The van der Waals surface area contributed by atoms with Gasteiger partial charge in [0.15, 0.2) is 0 Å². The summed E-state index contributed by atoms with van der Waals surface area (Å²) in [6, 6.07) is 0. The predicted molar refractivity (Wildman–Crippen MR) is 45.5 cm³/mol. The van der Waals surface area contributed by atoms with Crippen molar-refractivity contribution in [1.29, 1.82) is 0 Å². The van der Waals surface area contributed by atoms with Gasteiger partial charge in [-0.3, -0.25) is 4.79 Å². The zero-order valence-corrected chi connectivity index (χ0v) is 7.75. The predicted octanol–water partition coefficient (Wildman–Crippen LogP) is 1.98. The fourth-order valence-electron chi connectivity index (χ4n) is 2.50. The van der Waals surface area contributed by atoms with Crippen molar-refractivity contribution in [1.82, 2.24) is 0 Å². The van der Waals surface area contributed by atoms with Crippen molar-refractivity contribution in [3.8, 4) is 0 Å². The van der Waals surface area contributed by atoms with Crippen molar-refractivity contribution in [3.63, 3.8) is 0 Å². The van der Waals surface area contributed by atoms with E-state index in [1.807, 2.05) is 6.92 Å². The summed E-state index contributed by atoms with van der Waals surface area (Å²) in [4.78, 5) is 11.2. The second kappa shape index (κ2) is 2.75. The third-order valence-electron chi connectivity index (χ3n) is 3.38. The maximum atomic E-state index is 11.2. The largest absolute Gasteiger partial charge is 0.462 e. The van der Waals surface area contributed by atoms with Gasteiger partial charge < -0.3 is 4.74 Å². The van der Waals surface area contributed by atoms with Gasteiger partial charge in [-0.2, -0.15) is 0 Å². The minimum absolute atomic E-state index is 0.0269. The maximum Gasteiger partial charge on any atom is 0.309 e. The molecule has 1 heterocycles. The van der Waals surface area contributed by atoms with E-state index in [1.54, 1.807) is 0 Å². The Kier molecular flexibility index (Phi) is 1.85. The van der Waals surface area contributed by atoms with E-state index in [-0.39, 0.29) is 18.0 Å². The quantitative estimate of drug-likeness (QED) is 0.517. The van der Waals surface area contributed by atoms with E-state index in [2.05, 4.69) is 6.92 Å². The molecule has 0 amide bonds. The van der Waals surface area contributed by atoms with E-state index in [0.29, 0.717) is 5.92 Å². The SMILES string of the molecule is C[C@H]1CC[C@@H]2OC(=O)[C@H](C)[C@@H]2C1. The Morgan fingerprint density at radius 1 is 1.33 bits per heavy atom. The number of esters is 1. The van der Waals surface area contributed by atoms with E-state index in [9.17, 15) is 4.79 Å². The second-order valence-corrected chi connectivity index (χ2v) is 4.35. The summed E-state index contributed by atoms with van der Waals surface area (Å²) < 4.78 is 5.29. The van der Waals surface area contributed by atoms with E-state index in [4.69, 9.17) is 4.74 Å². The number of fused-ring (bicyclic) bond motifs is 1. The molecular formula is C10H16O2. The first-order chi connectivity index (χ1) is 5.68. The van der Waals surface area contributed by atoms with Gasteiger partial charge in [0.2, 0.25) is 0 Å². The van der Waals surface area contributed by atoms with Crippen molar-refractivity contribution in [2.45, 2.75) is 39.2 Å². The molecule has 12 heavy (non-hydrogen) atoms. The highest BCUT2D eigenvalue weighted by Gasteiger charge is 2.44. The maximum absolute atomic E-state index is 11.2. The highest BCUT2D eigenvalue weighted by molar-refractivity contribution is 5.74. The molecule has 0 unspecified atom stereocenters. The topological polar surface area (TPSA) is 26.3 Å². The minimum Gasteiger partial charge on any atom is -0.462 e. The molecule has 2 aliphatic rings. The van der Waals surface area contributed by atoms with E-state index < -0.39 is 0 Å². The van der Waals surface area contributed by atoms with Crippen LogP contribution in [0.5, 0.6) is 0 Å². The number of hydrogen-bond acceptors (Lipinski definition) is 2. The van der Waals surface area contributed by atoms with Crippen LogP contribution < -0.4 is 0 Å². The Hall–Kier alpha value is -0.530. The molecule has 0 aromatic heterocycles. The van der Waals surface area contributed by atoms with Crippen molar-refractivity contribution in [2.24, 2.45) is 17.8 Å². The highest BCUT2D eigenvalue weighted by Crippen LogP contribution is 2.40. The lowest BCUT2D eigenvalue weighted by Gasteiger charge is -2.28. The van der Waals surface area contributed by atoms with Crippen LogP contribution in [-0.2, 0) is 9.53 Å². The lowest BCUT2D eigenvalue weighted by molar-refractivity contribution is -0.144. The average Bonchev–Trinajstić information content (AvgIpc) is 2.31. The van der Waals surface area contributed by atoms with Gasteiger partial charge in [-0.05, 0) is 25.2 Å². The Labute approximate surface area is 73.3 Å². The summed E-state index contributed by atoms with van der Waals surface area (Å²) in [6.07, 6.45) is 3.74. The first kappa shape index (κ1) is 8.09. The molecule has 0 N–H and O–H groups in total. The Morgan fingerprint density at radius 2 is 2.08 bits per heavy atom. The average molecular weight is 168 g/mol. The highest BCUT2D eigenvalue weighted by atomic mass is 16.6. The molecule has 68 valence electrons. The summed E-state index contributed by atoms with van der Waals surface area (Å²) in [7, 11) is 0. The van der Waals surface area contributed by atoms with Crippen LogP contribution in [0.4, 0.5) is 0 Å². The van der Waals surface area contributed by atoms with Gasteiger partial charge in [0, 0.05) is 5.92 Å². The van der Waals surface area contributed by atoms with Gasteiger partial charge >= 0.3 is 5.97 Å². The van der Waals surface area contributed by atoms with E-state index in [0.717, 1.165) is 12.3 Å². The van der Waals surface area contributed by atoms with Crippen LogP contribution >= 0.6 is 0 Å². The van der Waals surface area contributed by atoms with Gasteiger partial charge in [0.1, 0.15) is 6.10 Å². The number of carbonyl (C=O) groups is 1. The van der Waals surface area contributed by atoms with Crippen molar-refractivity contribution >= 4 is 5.97 Å². The van der Waals surface area contributed by atoms with Crippen LogP contribution in [-0.4, -0.2) is 12.1 Å². The van der Waals surface area contributed by atoms with Gasteiger partial charge in [0.05, 0.1) is 5.92 Å². The third kappa shape index (κ3) is 1.13. The standard InChI is InChI=1S/C10H16O2/c1-6-3-4-9-8(5-6)7(2)10(11)12-9/h6-9H,3-5H2,1-2H3/t6-,7+,8-,9-/m0/s1. The van der Waals surface area contributed by atoms with Crippen LogP contribution in [0, 0.1) is 17.8 Å². The fourth-order valence-corrected chi connectivity index (χ4v) is 2.50. The number of carbonyl (C=O) groups excluding carboxylic acids is 1. The Bertz CT molecular complexity index is 200. The molecule has 1 saturated carbocycles. The van der Waals surface area contributed by atoms with Crippen LogP contribution in [0.15, 0.2) is 0 Å². The van der Waals surface area contributed by atoms with Crippen LogP contribution in [0.2, 0.25) is 0 Å². The Morgan fingerprint density at radius 3 is 2.83 bits per heavy atom. The molecule has 1 saturated heterocycles. The molecule has 0 aromatic rings. The summed E-state index contributed by atoms with van der Waals surface area (Å²) in [5.41, 5.74) is 0. The molecule has 2 rings (SSSR count). The summed E-state index contributed by atoms with van der Waals surface area (Å²) in [5, 5.41) is 0. The molecule has 2 nitrogen and oxygen atoms in total. The molecule has 0 radical (unpaired) electrons. The van der Waals surface area contributed by atoms with Crippen LogP contribution in [0.3, 0.4) is 0 Å². The lowest BCUT2D eigenvalue weighted by atomic mass is 9.76. The number of ether oxygens (including phenoxy) is 1. The molecule has 0 aromatic carbocycles. The molecule has 2 heteroatoms. The third-order valence-corrected chi connectivity index (χ3v) is 3.38. The van der Waals surface area contributed by atoms with E-state index >= 15 is 0 Å². The summed E-state index contributed by atoms with van der Waals surface area (Å²) in [6.45, 7) is 4.27. The first-order valence-corrected chi connectivity index (χ1v) is 4.89. The van der Waals surface area contributed by atoms with Crippen molar-refractivity contribution in [2.75, 3.05) is 0 Å². The summed E-state index contributed by atoms with van der Waals surface area (Å²) >= 11 is 0. The normalized spacial score (nSPS) is 47.0. The fraction of sp³-hybridized carbons (Fsp3) is 0.900. The number of rotatable bonds is 0. The molecule has 2 fully saturated rings. The molecule has 1 aliphatic heterocycles. The minimum atomic E-state index is 0.0269. The lowest BCUT2D eigenvalue weighted by Crippen LogP contribution is -2.27.